The molecular formula is C23H22N4O2S. The molecule has 1 atom stereocenters. The van der Waals surface area contributed by atoms with Crippen LogP contribution in [0, 0.1) is 6.92 Å². The van der Waals surface area contributed by atoms with Crippen LogP contribution in [0.1, 0.15) is 23.3 Å². The Balaban J connectivity index is 2.00. The molecule has 2 aromatic carbocycles. The van der Waals surface area contributed by atoms with Crippen LogP contribution in [-0.2, 0) is 14.1 Å². The van der Waals surface area contributed by atoms with Crippen LogP contribution in [0.5, 0.6) is 0 Å². The Bertz CT molecular complexity index is 1360. The molecule has 4 aromatic rings. The number of aryl methyl sites for hydroxylation is 2. The topological polar surface area (TPSA) is 69.8 Å². The summed E-state index contributed by atoms with van der Waals surface area (Å²) in [7, 11) is 3.11. The SMILES string of the molecule is Cc1ccccc1-c1nc(S[C@H](C)c2ccccc2)c2c(=O)n(C)c(=O)n(C)c2n1. The number of fused-ring (bicyclic) bond motifs is 1. The smallest absolute Gasteiger partial charge is 0.280 e. The molecule has 0 radical (unpaired) electrons. The molecule has 2 aromatic heterocycles. The molecule has 0 fully saturated rings. The average Bonchev–Trinajstić information content (AvgIpc) is 2.76. The van der Waals surface area contributed by atoms with Crippen LogP contribution in [0.4, 0.5) is 0 Å². The number of hydrogen-bond donors (Lipinski definition) is 0. The maximum Gasteiger partial charge on any atom is 0.332 e. The van der Waals surface area contributed by atoms with E-state index in [0.29, 0.717) is 21.9 Å². The van der Waals surface area contributed by atoms with Gasteiger partial charge in [-0.2, -0.15) is 0 Å². The highest BCUT2D eigenvalue weighted by atomic mass is 32.2. The first-order valence-electron chi connectivity index (χ1n) is 9.64. The van der Waals surface area contributed by atoms with Crippen molar-refractivity contribution in [2.45, 2.75) is 24.1 Å². The number of thioether (sulfide) groups is 1. The quantitative estimate of drug-likeness (QED) is 0.372. The molecule has 0 unspecified atom stereocenters. The van der Waals surface area contributed by atoms with E-state index in [-0.39, 0.29) is 10.8 Å². The van der Waals surface area contributed by atoms with Crippen molar-refractivity contribution in [3.63, 3.8) is 0 Å². The highest BCUT2D eigenvalue weighted by molar-refractivity contribution is 7.99. The number of nitrogens with zero attached hydrogens (tertiary/aromatic N) is 4. The van der Waals surface area contributed by atoms with Crippen LogP contribution >= 0.6 is 11.8 Å². The molecule has 0 aliphatic carbocycles. The van der Waals surface area contributed by atoms with Crippen LogP contribution in [0.2, 0.25) is 0 Å². The molecular weight excluding hydrogens is 396 g/mol. The summed E-state index contributed by atoms with van der Waals surface area (Å²) in [5.41, 5.74) is 2.59. The third kappa shape index (κ3) is 3.45. The van der Waals surface area contributed by atoms with E-state index in [2.05, 4.69) is 24.0 Å². The summed E-state index contributed by atoms with van der Waals surface area (Å²) in [5.74, 6) is 0.506. The van der Waals surface area contributed by atoms with E-state index < -0.39 is 5.69 Å². The van der Waals surface area contributed by atoms with Crippen LogP contribution in [-0.4, -0.2) is 19.1 Å². The average molecular weight is 419 g/mol. The molecule has 30 heavy (non-hydrogen) atoms. The minimum atomic E-state index is -0.408. The zero-order chi connectivity index (χ0) is 21.4. The molecule has 0 aliphatic heterocycles. The van der Waals surface area contributed by atoms with Crippen LogP contribution in [0.25, 0.3) is 22.4 Å². The van der Waals surface area contributed by atoms with Gasteiger partial charge in [0.15, 0.2) is 11.5 Å². The molecule has 0 saturated heterocycles. The van der Waals surface area contributed by atoms with E-state index in [9.17, 15) is 9.59 Å². The van der Waals surface area contributed by atoms with Crippen molar-refractivity contribution in [3.05, 3.63) is 86.6 Å². The molecule has 4 rings (SSSR count). The van der Waals surface area contributed by atoms with Crippen LogP contribution in [0.3, 0.4) is 0 Å². The Hall–Kier alpha value is -3.19. The summed E-state index contributed by atoms with van der Waals surface area (Å²) < 4.78 is 2.52. The molecule has 0 aliphatic rings. The third-order valence-corrected chi connectivity index (χ3v) is 6.35. The fraction of sp³-hybridized carbons (Fsp3) is 0.217. The fourth-order valence-electron chi connectivity index (χ4n) is 3.42. The van der Waals surface area contributed by atoms with Gasteiger partial charge in [0, 0.05) is 24.9 Å². The molecule has 152 valence electrons. The molecule has 0 N–H and O–H groups in total. The van der Waals surface area contributed by atoms with Crippen molar-refractivity contribution in [3.8, 4) is 11.4 Å². The largest absolute Gasteiger partial charge is 0.332 e. The Labute approximate surface area is 178 Å². The van der Waals surface area contributed by atoms with Crippen LogP contribution in [0.15, 0.2) is 69.2 Å². The van der Waals surface area contributed by atoms with Gasteiger partial charge in [0.1, 0.15) is 10.4 Å². The Kier molecular flexibility index (Phi) is 5.30. The second-order valence-corrected chi connectivity index (χ2v) is 8.57. The highest BCUT2D eigenvalue weighted by Gasteiger charge is 2.20. The van der Waals surface area contributed by atoms with E-state index in [1.165, 1.54) is 23.4 Å². The summed E-state index contributed by atoms with van der Waals surface area (Å²) in [6.07, 6.45) is 0. The first-order valence-corrected chi connectivity index (χ1v) is 10.5. The van der Waals surface area contributed by atoms with E-state index in [0.717, 1.165) is 21.3 Å². The van der Waals surface area contributed by atoms with Gasteiger partial charge in [-0.1, -0.05) is 66.4 Å². The lowest BCUT2D eigenvalue weighted by molar-refractivity contribution is 0.703. The summed E-state index contributed by atoms with van der Waals surface area (Å²) >= 11 is 1.50. The van der Waals surface area contributed by atoms with E-state index in [4.69, 9.17) is 4.98 Å². The second-order valence-electron chi connectivity index (χ2n) is 7.24. The van der Waals surface area contributed by atoms with Gasteiger partial charge in [-0.25, -0.2) is 14.8 Å². The molecule has 2 heterocycles. The van der Waals surface area contributed by atoms with Gasteiger partial charge in [-0.05, 0) is 25.0 Å². The lowest BCUT2D eigenvalue weighted by Gasteiger charge is -2.15. The van der Waals surface area contributed by atoms with Gasteiger partial charge in [-0.3, -0.25) is 13.9 Å². The van der Waals surface area contributed by atoms with Gasteiger partial charge >= 0.3 is 5.69 Å². The fourth-order valence-corrected chi connectivity index (χ4v) is 4.48. The second kappa shape index (κ2) is 7.91. The van der Waals surface area contributed by atoms with Gasteiger partial charge in [0.25, 0.3) is 5.56 Å². The Morgan fingerprint density at radius 1 is 0.900 bits per heavy atom. The van der Waals surface area contributed by atoms with E-state index >= 15 is 0 Å². The first-order chi connectivity index (χ1) is 14.4. The lowest BCUT2D eigenvalue weighted by atomic mass is 10.1. The predicted octanol–water partition coefficient (Wildman–Crippen LogP) is 3.86. The molecule has 6 nitrogen and oxygen atoms in total. The van der Waals surface area contributed by atoms with E-state index in [1.54, 1.807) is 7.05 Å². The van der Waals surface area contributed by atoms with Crippen LogP contribution < -0.4 is 11.2 Å². The molecule has 0 bridgehead atoms. The molecule has 7 heteroatoms. The third-order valence-electron chi connectivity index (χ3n) is 5.21. The van der Waals surface area contributed by atoms with Crippen molar-refractivity contribution in [2.75, 3.05) is 0 Å². The van der Waals surface area contributed by atoms with Gasteiger partial charge in [0.2, 0.25) is 0 Å². The zero-order valence-electron chi connectivity index (χ0n) is 17.3. The Morgan fingerprint density at radius 3 is 2.27 bits per heavy atom. The zero-order valence-corrected chi connectivity index (χ0v) is 18.1. The standard InChI is InChI=1S/C23H22N4O2S/c1-14-10-8-9-13-17(14)19-24-20-18(22(28)27(4)23(29)26(20)3)21(25-19)30-15(2)16-11-6-5-7-12-16/h5-13,15H,1-4H3/t15-/m1/s1. The predicted molar refractivity (Wildman–Crippen MR) is 121 cm³/mol. The van der Waals surface area contributed by atoms with Crippen molar-refractivity contribution >= 4 is 22.8 Å². The summed E-state index contributed by atoms with van der Waals surface area (Å²) in [6.45, 7) is 4.07. The maximum atomic E-state index is 13.0. The summed E-state index contributed by atoms with van der Waals surface area (Å²) in [5, 5.41) is 1.01. The minimum Gasteiger partial charge on any atom is -0.280 e. The maximum absolute atomic E-state index is 13.0. The lowest BCUT2D eigenvalue weighted by Crippen LogP contribution is -2.37. The van der Waals surface area contributed by atoms with Crippen molar-refractivity contribution < 1.29 is 0 Å². The Morgan fingerprint density at radius 2 is 1.57 bits per heavy atom. The number of benzene rings is 2. The summed E-state index contributed by atoms with van der Waals surface area (Å²) in [6, 6.07) is 17.9. The monoisotopic (exact) mass is 418 g/mol. The first kappa shape index (κ1) is 20.1. The van der Waals surface area contributed by atoms with E-state index in [1.807, 2.05) is 49.4 Å². The minimum absolute atomic E-state index is 0.0657. The summed E-state index contributed by atoms with van der Waals surface area (Å²) in [4.78, 5) is 35.0. The highest BCUT2D eigenvalue weighted by Crippen LogP contribution is 2.37. The molecule has 0 amide bonds. The van der Waals surface area contributed by atoms with Crippen molar-refractivity contribution in [1.82, 2.24) is 19.1 Å². The van der Waals surface area contributed by atoms with Gasteiger partial charge < -0.3 is 0 Å². The normalized spacial score (nSPS) is 12.3. The van der Waals surface area contributed by atoms with Crippen molar-refractivity contribution in [2.24, 2.45) is 14.1 Å². The van der Waals surface area contributed by atoms with Crippen molar-refractivity contribution in [1.29, 1.82) is 0 Å². The van der Waals surface area contributed by atoms with Gasteiger partial charge in [-0.15, -0.1) is 0 Å². The number of hydrogen-bond acceptors (Lipinski definition) is 5. The van der Waals surface area contributed by atoms with Gasteiger partial charge in [0.05, 0.1) is 0 Å². The number of rotatable bonds is 4. The molecule has 0 saturated carbocycles. The number of aromatic nitrogens is 4. The molecule has 0 spiro atoms.